The lowest BCUT2D eigenvalue weighted by atomic mass is 10.1. The van der Waals surface area contributed by atoms with E-state index in [-0.39, 0.29) is 23.9 Å². The van der Waals surface area contributed by atoms with Crippen LogP contribution in [0.25, 0.3) is 0 Å². The summed E-state index contributed by atoms with van der Waals surface area (Å²) in [5, 5.41) is 2.88. The van der Waals surface area contributed by atoms with Crippen LogP contribution in [-0.4, -0.2) is 35.3 Å². The van der Waals surface area contributed by atoms with Gasteiger partial charge in [0.2, 0.25) is 5.91 Å². The number of nitrogens with zero attached hydrogens (tertiary/aromatic N) is 1. The van der Waals surface area contributed by atoms with Gasteiger partial charge >= 0.3 is 0 Å². The van der Waals surface area contributed by atoms with Gasteiger partial charge in [-0.15, -0.1) is 0 Å². The van der Waals surface area contributed by atoms with Crippen LogP contribution < -0.4 is 5.32 Å². The molecule has 0 saturated carbocycles. The maximum atomic E-state index is 12.5. The number of fused-ring (bicyclic) bond motifs is 2. The Labute approximate surface area is 106 Å². The molecule has 3 rings (SSSR count). The third kappa shape index (κ3) is 1.88. The second-order valence-corrected chi connectivity index (χ2v) is 4.97. The molecule has 1 aromatic carbocycles. The van der Waals surface area contributed by atoms with Crippen LogP contribution in [0.4, 0.5) is 0 Å². The van der Waals surface area contributed by atoms with Crippen molar-refractivity contribution in [3.05, 3.63) is 35.9 Å². The van der Waals surface area contributed by atoms with Gasteiger partial charge in [-0.1, -0.05) is 18.2 Å². The molecule has 2 bridgehead atoms. The molecular formula is C14H16N2O2. The minimum absolute atomic E-state index is 0.0552. The average Bonchev–Trinajstić information content (AvgIpc) is 2.70. The van der Waals surface area contributed by atoms with E-state index < -0.39 is 0 Å². The summed E-state index contributed by atoms with van der Waals surface area (Å²) in [6, 6.07) is 9.55. The first kappa shape index (κ1) is 11.3. The zero-order chi connectivity index (χ0) is 12.5. The molecule has 2 saturated heterocycles. The zero-order valence-electron chi connectivity index (χ0n) is 10.1. The lowest BCUT2D eigenvalue weighted by molar-refractivity contribution is -0.121. The molecule has 1 aromatic rings. The minimum atomic E-state index is 0.0552. The number of hydrogen-bond acceptors (Lipinski definition) is 2. The van der Waals surface area contributed by atoms with Crippen LogP contribution in [0.15, 0.2) is 30.3 Å². The van der Waals surface area contributed by atoms with E-state index >= 15 is 0 Å². The molecule has 4 heteroatoms. The highest BCUT2D eigenvalue weighted by atomic mass is 16.2. The Hall–Kier alpha value is -1.84. The average molecular weight is 244 g/mol. The third-order valence-electron chi connectivity index (χ3n) is 3.83. The molecule has 0 spiro atoms. The van der Waals surface area contributed by atoms with Crippen molar-refractivity contribution in [2.75, 3.05) is 6.54 Å². The van der Waals surface area contributed by atoms with Crippen LogP contribution in [-0.2, 0) is 4.79 Å². The molecule has 0 radical (unpaired) electrons. The fraction of sp³-hybridized carbons (Fsp3) is 0.429. The van der Waals surface area contributed by atoms with E-state index in [2.05, 4.69) is 5.32 Å². The SMILES string of the molecule is O=C1C[C@@H]2CC[C@H](CN1)N2C(=O)c1ccccc1. The molecule has 2 aliphatic rings. The second kappa shape index (κ2) is 4.44. The maximum absolute atomic E-state index is 12.5. The molecule has 94 valence electrons. The number of carbonyl (C=O) groups is 2. The number of rotatable bonds is 1. The van der Waals surface area contributed by atoms with Crippen molar-refractivity contribution >= 4 is 11.8 Å². The summed E-state index contributed by atoms with van der Waals surface area (Å²) in [6.07, 6.45) is 2.37. The van der Waals surface area contributed by atoms with E-state index in [1.54, 1.807) is 0 Å². The van der Waals surface area contributed by atoms with Crippen molar-refractivity contribution in [2.45, 2.75) is 31.3 Å². The van der Waals surface area contributed by atoms with E-state index in [4.69, 9.17) is 0 Å². The van der Waals surface area contributed by atoms with Crippen molar-refractivity contribution < 1.29 is 9.59 Å². The first-order chi connectivity index (χ1) is 8.75. The highest BCUT2D eigenvalue weighted by Crippen LogP contribution is 2.29. The zero-order valence-corrected chi connectivity index (χ0v) is 10.1. The summed E-state index contributed by atoms with van der Waals surface area (Å²) in [5.74, 6) is 0.118. The van der Waals surface area contributed by atoms with Crippen molar-refractivity contribution in [1.82, 2.24) is 10.2 Å². The van der Waals surface area contributed by atoms with Crippen LogP contribution >= 0.6 is 0 Å². The van der Waals surface area contributed by atoms with Crippen LogP contribution in [0.1, 0.15) is 29.6 Å². The Bertz CT molecular complexity index is 472. The van der Waals surface area contributed by atoms with E-state index in [0.29, 0.717) is 18.5 Å². The standard InChI is InChI=1S/C14H16N2O2/c17-13-8-11-6-7-12(9-15-13)16(11)14(18)10-4-2-1-3-5-10/h1-5,11-12H,6-9H2,(H,15,17)/t11-,12+/m0/s1. The second-order valence-electron chi connectivity index (χ2n) is 4.97. The lowest BCUT2D eigenvalue weighted by Crippen LogP contribution is -2.42. The first-order valence-electron chi connectivity index (χ1n) is 6.40. The molecule has 2 atom stereocenters. The van der Waals surface area contributed by atoms with Gasteiger partial charge < -0.3 is 10.2 Å². The van der Waals surface area contributed by atoms with Gasteiger partial charge in [0, 0.05) is 30.6 Å². The maximum Gasteiger partial charge on any atom is 0.254 e. The monoisotopic (exact) mass is 244 g/mol. The first-order valence-corrected chi connectivity index (χ1v) is 6.40. The number of nitrogens with one attached hydrogen (secondary N) is 1. The molecule has 2 aliphatic heterocycles. The Morgan fingerprint density at radius 3 is 2.67 bits per heavy atom. The molecule has 0 aliphatic carbocycles. The Morgan fingerprint density at radius 2 is 1.89 bits per heavy atom. The fourth-order valence-electron chi connectivity index (χ4n) is 2.94. The summed E-state index contributed by atoms with van der Waals surface area (Å²) in [5.41, 5.74) is 0.712. The van der Waals surface area contributed by atoms with Gasteiger partial charge in [-0.25, -0.2) is 0 Å². The topological polar surface area (TPSA) is 49.4 Å². The van der Waals surface area contributed by atoms with Gasteiger partial charge in [-0.05, 0) is 25.0 Å². The summed E-state index contributed by atoms with van der Waals surface area (Å²) >= 11 is 0. The van der Waals surface area contributed by atoms with Crippen molar-refractivity contribution in [2.24, 2.45) is 0 Å². The van der Waals surface area contributed by atoms with E-state index in [1.807, 2.05) is 35.2 Å². The molecule has 18 heavy (non-hydrogen) atoms. The summed E-state index contributed by atoms with van der Waals surface area (Å²) in [6.45, 7) is 0.591. The van der Waals surface area contributed by atoms with Crippen molar-refractivity contribution in [1.29, 1.82) is 0 Å². The number of carbonyl (C=O) groups excluding carboxylic acids is 2. The largest absolute Gasteiger partial charge is 0.354 e. The fourth-order valence-corrected chi connectivity index (χ4v) is 2.94. The van der Waals surface area contributed by atoms with Gasteiger partial charge in [0.1, 0.15) is 0 Å². The number of benzene rings is 1. The summed E-state index contributed by atoms with van der Waals surface area (Å²) < 4.78 is 0. The summed E-state index contributed by atoms with van der Waals surface area (Å²) in [7, 11) is 0. The normalized spacial score (nSPS) is 26.7. The van der Waals surface area contributed by atoms with E-state index in [0.717, 1.165) is 12.8 Å². The molecule has 4 nitrogen and oxygen atoms in total. The van der Waals surface area contributed by atoms with Crippen LogP contribution in [0.3, 0.4) is 0 Å². The molecule has 2 heterocycles. The number of hydrogen-bond donors (Lipinski definition) is 1. The van der Waals surface area contributed by atoms with Crippen molar-refractivity contribution in [3.63, 3.8) is 0 Å². The highest BCUT2D eigenvalue weighted by molar-refractivity contribution is 5.95. The molecule has 2 fully saturated rings. The van der Waals surface area contributed by atoms with Crippen LogP contribution in [0, 0.1) is 0 Å². The predicted molar refractivity (Wildman–Crippen MR) is 67.0 cm³/mol. The van der Waals surface area contributed by atoms with Gasteiger partial charge in [-0.3, -0.25) is 9.59 Å². The van der Waals surface area contributed by atoms with E-state index in [1.165, 1.54) is 0 Å². The Kier molecular flexibility index (Phi) is 2.78. The Balaban J connectivity index is 1.87. The van der Waals surface area contributed by atoms with Crippen molar-refractivity contribution in [3.8, 4) is 0 Å². The van der Waals surface area contributed by atoms with Gasteiger partial charge in [0.25, 0.3) is 5.91 Å². The Morgan fingerprint density at radius 1 is 1.17 bits per heavy atom. The van der Waals surface area contributed by atoms with Crippen LogP contribution in [0.5, 0.6) is 0 Å². The van der Waals surface area contributed by atoms with E-state index in [9.17, 15) is 9.59 Å². The third-order valence-corrected chi connectivity index (χ3v) is 3.83. The van der Waals surface area contributed by atoms with Gasteiger partial charge in [0.05, 0.1) is 0 Å². The minimum Gasteiger partial charge on any atom is -0.354 e. The molecule has 2 amide bonds. The summed E-state index contributed by atoms with van der Waals surface area (Å²) in [4.78, 5) is 25.9. The van der Waals surface area contributed by atoms with Crippen LogP contribution in [0.2, 0.25) is 0 Å². The quantitative estimate of drug-likeness (QED) is 0.806. The highest BCUT2D eigenvalue weighted by Gasteiger charge is 2.40. The van der Waals surface area contributed by atoms with Gasteiger partial charge in [0.15, 0.2) is 0 Å². The molecule has 0 aromatic heterocycles. The number of amides is 2. The predicted octanol–water partition coefficient (Wildman–Crippen LogP) is 1.18. The van der Waals surface area contributed by atoms with Gasteiger partial charge in [-0.2, -0.15) is 0 Å². The lowest BCUT2D eigenvalue weighted by Gasteiger charge is -2.27. The molecule has 1 N–H and O–H groups in total. The molecule has 0 unspecified atom stereocenters. The molecular weight excluding hydrogens is 228 g/mol. The smallest absolute Gasteiger partial charge is 0.254 e.